The molecule has 0 amide bonds. The lowest BCUT2D eigenvalue weighted by atomic mass is 9.88. The lowest BCUT2D eigenvalue weighted by molar-refractivity contribution is -0.102. The molecule has 3 unspecified atom stereocenters. The van der Waals surface area contributed by atoms with Gasteiger partial charge >= 0.3 is 0 Å². The first-order valence-electron chi connectivity index (χ1n) is 10.3. The first-order chi connectivity index (χ1) is 13.6. The van der Waals surface area contributed by atoms with Crippen LogP contribution in [0.1, 0.15) is 56.8 Å². The molecule has 0 saturated heterocycles. The van der Waals surface area contributed by atoms with Crippen LogP contribution >= 0.6 is 0 Å². The lowest BCUT2D eigenvalue weighted by Crippen LogP contribution is -2.33. The summed E-state index contributed by atoms with van der Waals surface area (Å²) in [6.07, 6.45) is 7.66. The summed E-state index contributed by atoms with van der Waals surface area (Å²) in [5, 5.41) is 6.56. The Bertz CT molecular complexity index is 805. The van der Waals surface area contributed by atoms with Crippen LogP contribution in [0.3, 0.4) is 0 Å². The zero-order chi connectivity index (χ0) is 21.6. The van der Waals surface area contributed by atoms with Gasteiger partial charge in [0.2, 0.25) is 0 Å². The minimum absolute atomic E-state index is 0.0437. The third-order valence-corrected chi connectivity index (χ3v) is 5.30. The van der Waals surface area contributed by atoms with E-state index in [0.717, 1.165) is 18.3 Å². The van der Waals surface area contributed by atoms with Crippen molar-refractivity contribution >= 4 is 12.0 Å². The summed E-state index contributed by atoms with van der Waals surface area (Å²) in [5.41, 5.74) is 3.77. The highest BCUT2D eigenvalue weighted by molar-refractivity contribution is 6.37. The largest absolute Gasteiger partial charge is 0.384 e. The number of hydrogen-bond donors (Lipinski definition) is 2. The summed E-state index contributed by atoms with van der Waals surface area (Å²) in [6.45, 7) is 9.58. The lowest BCUT2D eigenvalue weighted by Gasteiger charge is -2.22. The van der Waals surface area contributed by atoms with Crippen molar-refractivity contribution in [3.8, 4) is 0 Å². The van der Waals surface area contributed by atoms with Gasteiger partial charge in [0.25, 0.3) is 0 Å². The second-order valence-corrected chi connectivity index (χ2v) is 8.65. The quantitative estimate of drug-likeness (QED) is 0.597. The van der Waals surface area contributed by atoms with Gasteiger partial charge in [0.1, 0.15) is 11.4 Å². The highest BCUT2D eigenvalue weighted by Crippen LogP contribution is 2.25. The van der Waals surface area contributed by atoms with Crippen molar-refractivity contribution in [1.82, 2.24) is 10.6 Å². The average Bonchev–Trinajstić information content (AvgIpc) is 2.65. The van der Waals surface area contributed by atoms with E-state index in [2.05, 4.69) is 54.6 Å². The maximum atomic E-state index is 13.9. The van der Waals surface area contributed by atoms with E-state index in [0.29, 0.717) is 18.1 Å². The summed E-state index contributed by atoms with van der Waals surface area (Å²) in [6, 6.07) is 6.49. The fourth-order valence-electron chi connectivity index (χ4n) is 3.87. The molecule has 29 heavy (non-hydrogen) atoms. The summed E-state index contributed by atoms with van der Waals surface area (Å²) in [4.78, 5) is 15.5. The molecule has 1 aromatic carbocycles. The van der Waals surface area contributed by atoms with E-state index in [1.807, 2.05) is 19.3 Å². The molecule has 1 aliphatic heterocycles. The van der Waals surface area contributed by atoms with Gasteiger partial charge in [-0.15, -0.1) is 0 Å². The Kier molecular flexibility index (Phi) is 7.91. The van der Waals surface area contributed by atoms with Gasteiger partial charge in [-0.3, -0.25) is 9.79 Å². The Morgan fingerprint density at radius 3 is 2.62 bits per heavy atom. The molecule has 0 aromatic heterocycles. The second-order valence-electron chi connectivity index (χ2n) is 8.65. The molecule has 3 atom stereocenters. The Hall–Kier alpha value is -2.27. The zero-order valence-corrected chi connectivity index (χ0v) is 18.4. The monoisotopic (exact) mass is 399 g/mol. The fraction of sp³-hybridized carbons (Fsp3) is 0.500. The van der Waals surface area contributed by atoms with Gasteiger partial charge in [0.15, 0.2) is 6.29 Å². The van der Waals surface area contributed by atoms with Gasteiger partial charge in [0.05, 0.1) is 6.04 Å². The number of nitrogens with one attached hydrogen (secondary N) is 2. The average molecular weight is 400 g/mol. The number of aldehydes is 1. The third kappa shape index (κ3) is 6.64. The molecule has 0 spiro atoms. The third-order valence-electron chi connectivity index (χ3n) is 5.30. The summed E-state index contributed by atoms with van der Waals surface area (Å²) >= 11 is 0. The van der Waals surface area contributed by atoms with Gasteiger partial charge in [-0.1, -0.05) is 25.1 Å². The molecule has 1 aromatic rings. The first kappa shape index (κ1) is 23.0. The van der Waals surface area contributed by atoms with Crippen LogP contribution in [0.25, 0.3) is 0 Å². The molecule has 1 heterocycles. The summed E-state index contributed by atoms with van der Waals surface area (Å²) < 4.78 is 13.9. The van der Waals surface area contributed by atoms with E-state index in [9.17, 15) is 9.18 Å². The van der Waals surface area contributed by atoms with Crippen molar-refractivity contribution in [1.29, 1.82) is 0 Å². The van der Waals surface area contributed by atoms with Crippen LogP contribution in [0.2, 0.25) is 0 Å². The molecule has 1 aliphatic rings. The number of rotatable bonds is 9. The molecule has 158 valence electrons. The molecule has 0 aliphatic carbocycles. The molecule has 2 rings (SSSR count). The van der Waals surface area contributed by atoms with Crippen molar-refractivity contribution in [3.63, 3.8) is 0 Å². The van der Waals surface area contributed by atoms with Crippen molar-refractivity contribution < 1.29 is 9.18 Å². The van der Waals surface area contributed by atoms with Crippen molar-refractivity contribution in [2.45, 2.75) is 65.2 Å². The number of halogens is 1. The van der Waals surface area contributed by atoms with E-state index in [1.165, 1.54) is 16.7 Å². The Morgan fingerprint density at radius 1 is 1.31 bits per heavy atom. The second kappa shape index (κ2) is 9.97. The molecule has 0 bridgehead atoms. The van der Waals surface area contributed by atoms with Crippen LogP contribution in [0.15, 0.2) is 47.2 Å². The van der Waals surface area contributed by atoms with Crippen LogP contribution in [-0.2, 0) is 11.2 Å². The first-order valence-corrected chi connectivity index (χ1v) is 10.3. The number of aliphatic imine (C=N–C) groups is 1. The van der Waals surface area contributed by atoms with E-state index in [4.69, 9.17) is 0 Å². The molecule has 4 nitrogen and oxygen atoms in total. The van der Waals surface area contributed by atoms with Crippen molar-refractivity contribution in [2.75, 3.05) is 7.05 Å². The molecule has 5 heteroatoms. The number of likely N-dealkylation sites (N-methyl/N-ethyl adjacent to an activating group) is 1. The van der Waals surface area contributed by atoms with Gasteiger partial charge in [-0.05, 0) is 76.3 Å². The Labute approximate surface area is 174 Å². The number of benzene rings is 1. The zero-order valence-electron chi connectivity index (χ0n) is 18.4. The number of hydrogen-bond acceptors (Lipinski definition) is 4. The maximum absolute atomic E-state index is 13.9. The smallest absolute Gasteiger partial charge is 0.168 e. The molecular formula is C24H34FN3O. The van der Waals surface area contributed by atoms with Gasteiger partial charge in [0, 0.05) is 24.0 Å². The van der Waals surface area contributed by atoms with Gasteiger partial charge < -0.3 is 10.6 Å². The number of nitrogens with zero attached hydrogens (tertiary/aromatic N) is 1. The maximum Gasteiger partial charge on any atom is 0.168 e. The van der Waals surface area contributed by atoms with Crippen molar-refractivity contribution in [2.24, 2.45) is 10.9 Å². The van der Waals surface area contributed by atoms with Crippen LogP contribution < -0.4 is 10.6 Å². The number of carbonyl (C=O) groups is 1. The highest BCUT2D eigenvalue weighted by atomic mass is 19.1. The van der Waals surface area contributed by atoms with E-state index in [1.54, 1.807) is 20.0 Å². The highest BCUT2D eigenvalue weighted by Gasteiger charge is 2.21. The normalized spacial score (nSPS) is 20.3. The minimum Gasteiger partial charge on any atom is -0.384 e. The topological polar surface area (TPSA) is 53.5 Å². The summed E-state index contributed by atoms with van der Waals surface area (Å²) in [7, 11) is 1.85. The Balaban J connectivity index is 2.09. The van der Waals surface area contributed by atoms with E-state index < -0.39 is 5.67 Å². The van der Waals surface area contributed by atoms with Gasteiger partial charge in [-0.2, -0.15) is 0 Å². The van der Waals surface area contributed by atoms with Crippen LogP contribution in [0, 0.1) is 12.8 Å². The van der Waals surface area contributed by atoms with Crippen LogP contribution in [0.4, 0.5) is 4.39 Å². The number of aryl methyl sites for hydroxylation is 1. The molecule has 2 N–H and O–H groups in total. The van der Waals surface area contributed by atoms with Gasteiger partial charge in [-0.25, -0.2) is 4.39 Å². The molecule has 0 radical (unpaired) electrons. The minimum atomic E-state index is -1.14. The predicted octanol–water partition coefficient (Wildman–Crippen LogP) is 4.60. The van der Waals surface area contributed by atoms with E-state index in [-0.39, 0.29) is 12.1 Å². The number of carbonyl (C=O) groups excluding carboxylic acids is 1. The fourth-order valence-corrected chi connectivity index (χ4v) is 3.87. The SMILES string of the molecule is CNC1C=CN=C(C=O)/C1=C/NC(C)c1ccc(CC(C)CC(C)(C)F)c(C)c1. The van der Waals surface area contributed by atoms with Crippen LogP contribution in [0.5, 0.6) is 0 Å². The Morgan fingerprint density at radius 2 is 2.03 bits per heavy atom. The molecular weight excluding hydrogens is 365 g/mol. The van der Waals surface area contributed by atoms with Crippen LogP contribution in [-0.4, -0.2) is 30.8 Å². The van der Waals surface area contributed by atoms with Crippen molar-refractivity contribution in [3.05, 3.63) is 58.9 Å². The standard InChI is InChI=1S/C24H34FN3O/c1-16(13-24(4,5)25)11-19-7-8-20(12-17(19)2)18(3)28-14-21-22(26-6)9-10-27-23(21)15-29/h7-10,12,14-16,18,22,26,28H,11,13H2,1-6H3/b21-14+. The summed E-state index contributed by atoms with van der Waals surface area (Å²) in [5.74, 6) is 0.290. The molecule has 0 saturated carbocycles. The number of alkyl halides is 1. The van der Waals surface area contributed by atoms with E-state index >= 15 is 0 Å². The molecule has 0 fully saturated rings. The predicted molar refractivity (Wildman–Crippen MR) is 119 cm³/mol.